The molecule has 1 aromatic carbocycles. The van der Waals surface area contributed by atoms with Crippen LogP contribution in [0.4, 0.5) is 0 Å². The maximum atomic E-state index is 11.1. The van der Waals surface area contributed by atoms with Crippen molar-refractivity contribution in [2.75, 3.05) is 14.2 Å². The van der Waals surface area contributed by atoms with E-state index in [2.05, 4.69) is 4.74 Å². The third kappa shape index (κ3) is 3.29. The van der Waals surface area contributed by atoms with Gasteiger partial charge in [-0.1, -0.05) is 17.7 Å². The Labute approximate surface area is 104 Å². The lowest BCUT2D eigenvalue weighted by Gasteiger charge is -2.09. The monoisotopic (exact) mass is 262 g/mol. The fourth-order valence-electron chi connectivity index (χ4n) is 1.25. The summed E-state index contributed by atoms with van der Waals surface area (Å²) in [7, 11) is 2.84. The summed E-state index contributed by atoms with van der Waals surface area (Å²) in [6.07, 6.45) is 0.377. The predicted octanol–water partition coefficient (Wildman–Crippen LogP) is 2.67. The van der Waals surface area contributed by atoms with Crippen molar-refractivity contribution in [2.24, 2.45) is 0 Å². The van der Waals surface area contributed by atoms with Gasteiger partial charge in [0.1, 0.15) is 11.1 Å². The van der Waals surface area contributed by atoms with Gasteiger partial charge in [0, 0.05) is 0 Å². The molecule has 88 valence electrons. The molecule has 1 atom stereocenters. The van der Waals surface area contributed by atoms with Crippen molar-refractivity contribution in [1.29, 1.82) is 0 Å². The van der Waals surface area contributed by atoms with Gasteiger partial charge in [0.05, 0.1) is 19.2 Å². The number of carbonyl (C=O) groups is 1. The molecule has 0 heterocycles. The van der Waals surface area contributed by atoms with E-state index in [0.29, 0.717) is 17.2 Å². The van der Waals surface area contributed by atoms with Crippen LogP contribution < -0.4 is 4.74 Å². The van der Waals surface area contributed by atoms with Crippen LogP contribution in [-0.2, 0) is 16.0 Å². The molecule has 1 unspecified atom stereocenters. The Balaban J connectivity index is 2.78. The van der Waals surface area contributed by atoms with Gasteiger partial charge in [0.15, 0.2) is 0 Å². The summed E-state index contributed by atoms with van der Waals surface area (Å²) in [5.41, 5.74) is 0.867. The van der Waals surface area contributed by atoms with Gasteiger partial charge >= 0.3 is 5.97 Å². The zero-order chi connectivity index (χ0) is 12.1. The highest BCUT2D eigenvalue weighted by Crippen LogP contribution is 2.26. The summed E-state index contributed by atoms with van der Waals surface area (Å²) in [5, 5.41) is -0.175. The number of esters is 1. The molecular formula is C11H12Cl2O3. The maximum absolute atomic E-state index is 11.1. The van der Waals surface area contributed by atoms with E-state index in [1.54, 1.807) is 18.2 Å². The van der Waals surface area contributed by atoms with Gasteiger partial charge in [-0.3, -0.25) is 4.79 Å². The minimum Gasteiger partial charge on any atom is -0.495 e. The number of benzene rings is 1. The first kappa shape index (κ1) is 13.1. The number of hydrogen-bond acceptors (Lipinski definition) is 3. The molecule has 0 N–H and O–H groups in total. The molecule has 0 amide bonds. The fraction of sp³-hybridized carbons (Fsp3) is 0.364. The van der Waals surface area contributed by atoms with Crippen molar-refractivity contribution >= 4 is 29.2 Å². The molecule has 0 aliphatic heterocycles. The van der Waals surface area contributed by atoms with Gasteiger partial charge in [-0.15, -0.1) is 11.6 Å². The molecule has 3 nitrogen and oxygen atoms in total. The van der Waals surface area contributed by atoms with Crippen molar-refractivity contribution in [1.82, 2.24) is 0 Å². The van der Waals surface area contributed by atoms with Crippen LogP contribution in [0.25, 0.3) is 0 Å². The fourth-order valence-corrected chi connectivity index (χ4v) is 1.71. The number of ether oxygens (including phenoxy) is 2. The first-order valence-electron chi connectivity index (χ1n) is 4.62. The van der Waals surface area contributed by atoms with Crippen LogP contribution in [0.15, 0.2) is 18.2 Å². The Bertz CT molecular complexity index is 379. The van der Waals surface area contributed by atoms with Crippen molar-refractivity contribution < 1.29 is 14.3 Å². The average molecular weight is 263 g/mol. The second kappa shape index (κ2) is 5.97. The van der Waals surface area contributed by atoms with E-state index in [0.717, 1.165) is 5.56 Å². The van der Waals surface area contributed by atoms with E-state index in [4.69, 9.17) is 27.9 Å². The van der Waals surface area contributed by atoms with E-state index in [1.165, 1.54) is 14.2 Å². The summed E-state index contributed by atoms with van der Waals surface area (Å²) in [4.78, 5) is 11.1. The van der Waals surface area contributed by atoms with Crippen LogP contribution in [0.5, 0.6) is 5.75 Å². The average Bonchev–Trinajstić information content (AvgIpc) is 2.30. The van der Waals surface area contributed by atoms with Gasteiger partial charge in [0.25, 0.3) is 0 Å². The van der Waals surface area contributed by atoms with Crippen LogP contribution >= 0.6 is 23.2 Å². The van der Waals surface area contributed by atoms with Crippen molar-refractivity contribution in [3.63, 3.8) is 0 Å². The molecule has 0 aliphatic carbocycles. The maximum Gasteiger partial charge on any atom is 0.324 e. The molecule has 0 spiro atoms. The van der Waals surface area contributed by atoms with Crippen molar-refractivity contribution in [3.8, 4) is 5.75 Å². The first-order chi connectivity index (χ1) is 7.58. The summed E-state index contributed by atoms with van der Waals surface area (Å²) < 4.78 is 9.60. The van der Waals surface area contributed by atoms with Crippen LogP contribution in [0.1, 0.15) is 5.56 Å². The smallest absolute Gasteiger partial charge is 0.324 e. The summed E-state index contributed by atoms with van der Waals surface area (Å²) in [6.45, 7) is 0. The third-order valence-electron chi connectivity index (χ3n) is 2.09. The first-order valence-corrected chi connectivity index (χ1v) is 5.44. The van der Waals surface area contributed by atoms with Gasteiger partial charge in [-0.05, 0) is 24.1 Å². The van der Waals surface area contributed by atoms with Crippen molar-refractivity contribution in [3.05, 3.63) is 28.8 Å². The normalized spacial score (nSPS) is 12.0. The van der Waals surface area contributed by atoms with Crippen LogP contribution in [0.2, 0.25) is 5.02 Å². The molecule has 5 heteroatoms. The van der Waals surface area contributed by atoms with Gasteiger partial charge in [0.2, 0.25) is 0 Å². The highest BCUT2D eigenvalue weighted by atomic mass is 35.5. The summed E-state index contributed by atoms with van der Waals surface area (Å²) >= 11 is 11.7. The largest absolute Gasteiger partial charge is 0.495 e. The number of halogens is 2. The molecule has 0 radical (unpaired) electrons. The SMILES string of the molecule is COC(=O)C(Cl)Cc1ccc(Cl)c(OC)c1. The van der Waals surface area contributed by atoms with Gasteiger partial charge < -0.3 is 9.47 Å². The van der Waals surface area contributed by atoms with E-state index in [-0.39, 0.29) is 0 Å². The zero-order valence-corrected chi connectivity index (χ0v) is 10.5. The Morgan fingerprint density at radius 2 is 2.12 bits per heavy atom. The minimum absolute atomic E-state index is 0.377. The number of alkyl halides is 1. The van der Waals surface area contributed by atoms with E-state index >= 15 is 0 Å². The summed E-state index contributed by atoms with van der Waals surface area (Å²) in [6, 6.07) is 5.25. The number of hydrogen-bond donors (Lipinski definition) is 0. The lowest BCUT2D eigenvalue weighted by molar-refractivity contribution is -0.140. The zero-order valence-electron chi connectivity index (χ0n) is 9.00. The Hall–Kier alpha value is -0.930. The molecular weight excluding hydrogens is 251 g/mol. The third-order valence-corrected chi connectivity index (χ3v) is 2.73. The number of carbonyl (C=O) groups excluding carboxylic acids is 1. The minimum atomic E-state index is -0.698. The molecule has 1 aromatic rings. The lowest BCUT2D eigenvalue weighted by atomic mass is 10.1. The van der Waals surface area contributed by atoms with Crippen LogP contribution in [0.3, 0.4) is 0 Å². The Kier molecular flexibility index (Phi) is 4.90. The molecule has 1 rings (SSSR count). The molecule has 0 aliphatic rings. The Morgan fingerprint density at radius 1 is 1.44 bits per heavy atom. The Morgan fingerprint density at radius 3 is 2.69 bits per heavy atom. The molecule has 0 saturated carbocycles. The quantitative estimate of drug-likeness (QED) is 0.618. The van der Waals surface area contributed by atoms with Crippen LogP contribution in [-0.4, -0.2) is 25.6 Å². The molecule has 0 aromatic heterocycles. The predicted molar refractivity (Wildman–Crippen MR) is 63.4 cm³/mol. The lowest BCUT2D eigenvalue weighted by Crippen LogP contribution is -2.18. The second-order valence-corrected chi connectivity index (χ2v) is 4.10. The second-order valence-electron chi connectivity index (χ2n) is 3.16. The van der Waals surface area contributed by atoms with Gasteiger partial charge in [-0.25, -0.2) is 0 Å². The number of rotatable bonds is 4. The molecule has 0 fully saturated rings. The topological polar surface area (TPSA) is 35.5 Å². The molecule has 0 saturated heterocycles. The highest BCUT2D eigenvalue weighted by Gasteiger charge is 2.16. The molecule has 16 heavy (non-hydrogen) atoms. The van der Waals surface area contributed by atoms with E-state index < -0.39 is 11.3 Å². The van der Waals surface area contributed by atoms with Gasteiger partial charge in [-0.2, -0.15) is 0 Å². The number of methoxy groups -OCH3 is 2. The standard InChI is InChI=1S/C11H12Cl2O3/c1-15-10-6-7(3-4-8(10)12)5-9(13)11(14)16-2/h3-4,6,9H,5H2,1-2H3. The molecule has 0 bridgehead atoms. The van der Waals surface area contributed by atoms with Crippen molar-refractivity contribution in [2.45, 2.75) is 11.8 Å². The summed E-state index contributed by atoms with van der Waals surface area (Å²) in [5.74, 6) is 0.114. The van der Waals surface area contributed by atoms with E-state index in [1.807, 2.05) is 0 Å². The van der Waals surface area contributed by atoms with E-state index in [9.17, 15) is 4.79 Å². The highest BCUT2D eigenvalue weighted by molar-refractivity contribution is 6.32. The van der Waals surface area contributed by atoms with Crippen LogP contribution in [0, 0.1) is 0 Å².